The van der Waals surface area contributed by atoms with E-state index in [2.05, 4.69) is 5.32 Å². The lowest BCUT2D eigenvalue weighted by Crippen LogP contribution is -2.54. The normalized spacial score (nSPS) is 22.2. The number of carbonyl (C=O) groups excluding carboxylic acids is 4. The fourth-order valence-corrected chi connectivity index (χ4v) is 3.86. The molecule has 1 unspecified atom stereocenters. The van der Waals surface area contributed by atoms with Crippen molar-refractivity contribution in [1.29, 1.82) is 0 Å². The zero-order chi connectivity index (χ0) is 20.2. The zero-order valence-electron chi connectivity index (χ0n) is 14.6. The maximum Gasteiger partial charge on any atom is 0.303 e. The first kappa shape index (κ1) is 18.1. The Hall–Kier alpha value is -3.30. The number of fused-ring (bicyclic) bond motifs is 1. The SMILES string of the molecule is O=C(O)CC1CN(c2cc3c(cc2F)C(=O)N(C2CCC(=O)NC2=O)C3=O)C1. The Morgan fingerprint density at radius 3 is 2.39 bits per heavy atom. The third-order valence-corrected chi connectivity index (χ3v) is 5.27. The van der Waals surface area contributed by atoms with Crippen LogP contribution in [0.5, 0.6) is 0 Å². The molecule has 10 heteroatoms. The number of carbonyl (C=O) groups is 5. The molecule has 3 aliphatic rings. The van der Waals surface area contributed by atoms with Gasteiger partial charge in [0, 0.05) is 25.4 Å². The van der Waals surface area contributed by atoms with Crippen LogP contribution in [0.25, 0.3) is 0 Å². The van der Waals surface area contributed by atoms with E-state index in [4.69, 9.17) is 5.11 Å². The second-order valence-corrected chi connectivity index (χ2v) is 7.17. The van der Waals surface area contributed by atoms with E-state index in [0.29, 0.717) is 13.1 Å². The molecule has 28 heavy (non-hydrogen) atoms. The number of carboxylic acid groups (broad SMARTS) is 1. The van der Waals surface area contributed by atoms with E-state index in [1.165, 1.54) is 6.07 Å². The number of imide groups is 2. The van der Waals surface area contributed by atoms with Gasteiger partial charge in [-0.05, 0) is 18.6 Å². The molecular formula is C18H16FN3O6. The first-order chi connectivity index (χ1) is 13.3. The molecule has 0 bridgehead atoms. The average Bonchev–Trinajstić information content (AvgIpc) is 2.81. The Morgan fingerprint density at radius 1 is 1.14 bits per heavy atom. The fraction of sp³-hybridized carbons (Fsp3) is 0.389. The lowest BCUT2D eigenvalue weighted by molar-refractivity contribution is -0.138. The summed E-state index contributed by atoms with van der Waals surface area (Å²) >= 11 is 0. The van der Waals surface area contributed by atoms with E-state index in [-0.39, 0.29) is 42.0 Å². The van der Waals surface area contributed by atoms with Gasteiger partial charge in [-0.2, -0.15) is 0 Å². The molecule has 1 aromatic carbocycles. The molecule has 2 saturated heterocycles. The molecule has 0 aromatic heterocycles. The van der Waals surface area contributed by atoms with Crippen molar-refractivity contribution in [3.63, 3.8) is 0 Å². The number of aliphatic carboxylic acids is 1. The minimum atomic E-state index is -1.11. The van der Waals surface area contributed by atoms with Crippen LogP contribution in [-0.4, -0.2) is 58.7 Å². The van der Waals surface area contributed by atoms with Crippen molar-refractivity contribution < 1.29 is 33.5 Å². The van der Waals surface area contributed by atoms with E-state index in [1.807, 2.05) is 0 Å². The molecule has 0 aliphatic carbocycles. The van der Waals surface area contributed by atoms with Crippen LogP contribution in [-0.2, 0) is 14.4 Å². The summed E-state index contributed by atoms with van der Waals surface area (Å²) in [5, 5.41) is 10.9. The van der Waals surface area contributed by atoms with Crippen LogP contribution in [0, 0.1) is 11.7 Å². The van der Waals surface area contributed by atoms with Crippen molar-refractivity contribution >= 4 is 35.3 Å². The summed E-state index contributed by atoms with van der Waals surface area (Å²) in [5.74, 6) is -4.42. The standard InChI is InChI=1S/C18H16FN3O6/c19-11-4-9-10(5-13(11)21-6-8(7-21)3-15(24)25)18(28)22(17(9)27)12-1-2-14(23)20-16(12)26/h4-5,8,12H,1-3,6-7H2,(H,24,25)(H,20,23,26). The fourth-order valence-electron chi connectivity index (χ4n) is 3.86. The largest absolute Gasteiger partial charge is 0.481 e. The quantitative estimate of drug-likeness (QED) is 0.702. The summed E-state index contributed by atoms with van der Waals surface area (Å²) in [6.45, 7) is 0.669. The van der Waals surface area contributed by atoms with Crippen molar-refractivity contribution in [2.24, 2.45) is 5.92 Å². The van der Waals surface area contributed by atoms with E-state index in [0.717, 1.165) is 11.0 Å². The number of nitrogens with one attached hydrogen (secondary N) is 1. The number of anilines is 1. The Balaban J connectivity index is 1.58. The first-order valence-corrected chi connectivity index (χ1v) is 8.78. The van der Waals surface area contributed by atoms with E-state index >= 15 is 0 Å². The number of hydrogen-bond acceptors (Lipinski definition) is 6. The number of carboxylic acids is 1. The number of amides is 4. The van der Waals surface area contributed by atoms with Crippen LogP contribution in [0.4, 0.5) is 10.1 Å². The molecule has 2 fully saturated rings. The van der Waals surface area contributed by atoms with Gasteiger partial charge in [-0.3, -0.25) is 34.2 Å². The van der Waals surface area contributed by atoms with Gasteiger partial charge in [0.15, 0.2) is 0 Å². The summed E-state index contributed by atoms with van der Waals surface area (Å²) in [5.41, 5.74) is -0.0157. The van der Waals surface area contributed by atoms with Crippen LogP contribution < -0.4 is 10.2 Å². The van der Waals surface area contributed by atoms with E-state index in [9.17, 15) is 28.4 Å². The molecule has 2 N–H and O–H groups in total. The molecule has 3 aliphatic heterocycles. The van der Waals surface area contributed by atoms with Gasteiger partial charge in [-0.25, -0.2) is 4.39 Å². The predicted molar refractivity (Wildman–Crippen MR) is 91.0 cm³/mol. The number of nitrogens with zero attached hydrogens (tertiary/aromatic N) is 2. The summed E-state index contributed by atoms with van der Waals surface area (Å²) in [6, 6.07) is 1.13. The van der Waals surface area contributed by atoms with Gasteiger partial charge in [0.2, 0.25) is 11.8 Å². The second kappa shape index (κ2) is 6.39. The van der Waals surface area contributed by atoms with Crippen molar-refractivity contribution in [1.82, 2.24) is 10.2 Å². The third kappa shape index (κ3) is 2.81. The van der Waals surface area contributed by atoms with Crippen molar-refractivity contribution in [3.8, 4) is 0 Å². The third-order valence-electron chi connectivity index (χ3n) is 5.27. The lowest BCUT2D eigenvalue weighted by atomic mass is 9.95. The molecule has 4 rings (SSSR count). The smallest absolute Gasteiger partial charge is 0.303 e. The Morgan fingerprint density at radius 2 is 1.79 bits per heavy atom. The number of rotatable bonds is 4. The van der Waals surface area contributed by atoms with Crippen LogP contribution in [0.2, 0.25) is 0 Å². The Bertz CT molecular complexity index is 939. The minimum Gasteiger partial charge on any atom is -0.481 e. The van der Waals surface area contributed by atoms with E-state index in [1.54, 1.807) is 4.90 Å². The van der Waals surface area contributed by atoms with Gasteiger partial charge >= 0.3 is 5.97 Å². The Labute approximate surface area is 158 Å². The van der Waals surface area contributed by atoms with Gasteiger partial charge in [0.1, 0.15) is 11.9 Å². The van der Waals surface area contributed by atoms with Crippen LogP contribution in [0.15, 0.2) is 12.1 Å². The highest BCUT2D eigenvalue weighted by Crippen LogP contribution is 2.35. The highest BCUT2D eigenvalue weighted by Gasteiger charge is 2.45. The summed E-state index contributed by atoms with van der Waals surface area (Å²) in [4.78, 5) is 61.9. The van der Waals surface area contributed by atoms with Gasteiger partial charge < -0.3 is 10.0 Å². The summed E-state index contributed by atoms with van der Waals surface area (Å²) in [6.07, 6.45) is 0.000397. The monoisotopic (exact) mass is 389 g/mol. The number of piperidine rings is 1. The molecule has 0 saturated carbocycles. The zero-order valence-corrected chi connectivity index (χ0v) is 14.6. The van der Waals surface area contributed by atoms with Gasteiger partial charge in [0.25, 0.3) is 11.8 Å². The highest BCUT2D eigenvalue weighted by atomic mass is 19.1. The lowest BCUT2D eigenvalue weighted by Gasteiger charge is -2.40. The van der Waals surface area contributed by atoms with Crippen molar-refractivity contribution in [2.75, 3.05) is 18.0 Å². The minimum absolute atomic E-state index is 0.00215. The molecule has 0 radical (unpaired) electrons. The highest BCUT2D eigenvalue weighted by molar-refractivity contribution is 6.23. The topological polar surface area (TPSA) is 124 Å². The molecule has 1 atom stereocenters. The molecule has 0 spiro atoms. The number of hydrogen-bond donors (Lipinski definition) is 2. The summed E-state index contributed by atoms with van der Waals surface area (Å²) < 4.78 is 14.5. The molecule has 3 heterocycles. The van der Waals surface area contributed by atoms with Crippen LogP contribution >= 0.6 is 0 Å². The van der Waals surface area contributed by atoms with Gasteiger partial charge in [-0.15, -0.1) is 0 Å². The number of halogens is 1. The first-order valence-electron chi connectivity index (χ1n) is 8.78. The van der Waals surface area contributed by atoms with Crippen molar-refractivity contribution in [3.05, 3.63) is 29.1 Å². The maximum absolute atomic E-state index is 14.5. The maximum atomic E-state index is 14.5. The van der Waals surface area contributed by atoms with E-state index < -0.39 is 41.5 Å². The molecule has 4 amide bonds. The number of benzene rings is 1. The van der Waals surface area contributed by atoms with Crippen LogP contribution in [0.3, 0.4) is 0 Å². The molecule has 1 aromatic rings. The second-order valence-electron chi connectivity index (χ2n) is 7.17. The predicted octanol–water partition coefficient (Wildman–Crippen LogP) is 0.138. The van der Waals surface area contributed by atoms with Gasteiger partial charge in [-0.1, -0.05) is 0 Å². The molecular weight excluding hydrogens is 373 g/mol. The molecule has 146 valence electrons. The summed E-state index contributed by atoms with van der Waals surface area (Å²) in [7, 11) is 0. The van der Waals surface area contributed by atoms with Gasteiger partial charge in [0.05, 0.1) is 23.2 Å². The average molecular weight is 389 g/mol. The Kier molecular flexibility index (Phi) is 4.13. The van der Waals surface area contributed by atoms with Crippen molar-refractivity contribution in [2.45, 2.75) is 25.3 Å². The molecule has 9 nitrogen and oxygen atoms in total. The van der Waals surface area contributed by atoms with Crippen LogP contribution in [0.1, 0.15) is 40.0 Å².